The molecule has 5 N–H and O–H groups in total. The smallest absolute Gasteiger partial charge is 0.386 e. The molecule has 4 aromatic rings. The first-order chi connectivity index (χ1) is 21.3. The average molecular weight is 710 g/mol. The van der Waals surface area contributed by atoms with Gasteiger partial charge in [-0.25, -0.2) is 28.5 Å². The van der Waals surface area contributed by atoms with Gasteiger partial charge in [0.05, 0.1) is 32.2 Å². The molecule has 242 valence electrons. The number of H-pyrrole nitrogens is 2. The molecule has 3 fully saturated rings. The van der Waals surface area contributed by atoms with Crippen LogP contribution >= 0.6 is 38.1 Å². The van der Waals surface area contributed by atoms with Crippen LogP contribution in [0.4, 0.5) is 10.3 Å². The van der Waals surface area contributed by atoms with Crippen molar-refractivity contribution in [1.29, 1.82) is 0 Å². The zero-order valence-corrected chi connectivity index (χ0v) is 25.8. The number of nitrogens with two attached hydrogens (primary N) is 1. The molecule has 25 heteroatoms. The molecular formula is C20H22FN9O11P2S2. The maximum atomic E-state index is 16.0. The molecular weight excluding hydrogens is 687 g/mol. The Bertz CT molecular complexity index is 2010. The van der Waals surface area contributed by atoms with Crippen molar-refractivity contribution in [3.05, 3.63) is 39.7 Å². The molecule has 0 radical (unpaired) electrons. The number of aliphatic hydroxyl groups is 1. The van der Waals surface area contributed by atoms with Gasteiger partial charge in [-0.3, -0.25) is 41.8 Å². The van der Waals surface area contributed by atoms with E-state index in [0.29, 0.717) is 0 Å². The third-order valence-electron chi connectivity index (χ3n) is 7.26. The minimum atomic E-state index is -4.44. The monoisotopic (exact) mass is 709 g/mol. The number of aromatic amines is 2. The number of nitrogens with one attached hydrogen (secondary N) is 2. The lowest BCUT2D eigenvalue weighted by Gasteiger charge is -2.26. The Hall–Kier alpha value is -2.69. The topological polar surface area (TPSA) is 263 Å². The van der Waals surface area contributed by atoms with Crippen molar-refractivity contribution < 1.29 is 46.2 Å². The van der Waals surface area contributed by atoms with Gasteiger partial charge in [0.15, 0.2) is 41.0 Å². The lowest BCUT2D eigenvalue weighted by molar-refractivity contribution is -0.0568. The number of anilines is 1. The molecule has 7 heterocycles. The van der Waals surface area contributed by atoms with E-state index in [1.165, 1.54) is 4.57 Å². The Kier molecular flexibility index (Phi) is 7.72. The molecule has 20 nitrogen and oxygen atoms in total. The molecule has 45 heavy (non-hydrogen) atoms. The van der Waals surface area contributed by atoms with Gasteiger partial charge >= 0.3 is 13.6 Å². The first-order valence-corrected chi connectivity index (χ1v) is 18.3. The van der Waals surface area contributed by atoms with Crippen molar-refractivity contribution in [1.82, 2.24) is 39.0 Å². The van der Waals surface area contributed by atoms with E-state index < -0.39 is 87.1 Å². The molecule has 0 unspecified atom stereocenters. The lowest BCUT2D eigenvalue weighted by Crippen LogP contribution is -2.35. The molecule has 4 aromatic heterocycles. The van der Waals surface area contributed by atoms with Crippen LogP contribution in [0.3, 0.4) is 0 Å². The number of hydrogen-bond donors (Lipinski definition) is 6. The summed E-state index contributed by atoms with van der Waals surface area (Å²) in [7, 11) is 0. The van der Waals surface area contributed by atoms with Gasteiger partial charge in [0, 0.05) is 0 Å². The molecule has 7 rings (SSSR count). The van der Waals surface area contributed by atoms with Crippen molar-refractivity contribution in [2.24, 2.45) is 0 Å². The molecule has 3 saturated heterocycles. The van der Waals surface area contributed by atoms with Crippen LogP contribution in [0.15, 0.2) is 28.6 Å². The number of halogens is 1. The number of hydrogen-bond acceptors (Lipinski definition) is 16. The van der Waals surface area contributed by atoms with E-state index in [0.717, 1.165) is 23.5 Å². The predicted molar refractivity (Wildman–Crippen MR) is 154 cm³/mol. The highest BCUT2D eigenvalue weighted by Gasteiger charge is 2.54. The van der Waals surface area contributed by atoms with Crippen LogP contribution in [-0.2, 0) is 36.7 Å². The lowest BCUT2D eigenvalue weighted by atomic mass is 10.1. The van der Waals surface area contributed by atoms with E-state index >= 15 is 4.39 Å². The van der Waals surface area contributed by atoms with Crippen LogP contribution in [0, 0.1) is 0 Å². The summed E-state index contributed by atoms with van der Waals surface area (Å²) in [6.07, 6.45) is -9.17. The van der Waals surface area contributed by atoms with Gasteiger partial charge in [-0.2, -0.15) is 4.98 Å². The number of ether oxygens (including phenoxy) is 2. The molecule has 0 aromatic carbocycles. The third kappa shape index (κ3) is 5.54. The largest absolute Gasteiger partial charge is 0.387 e. The number of nitrogen functional groups attached to an aromatic ring is 1. The highest BCUT2D eigenvalue weighted by atomic mass is 32.7. The summed E-state index contributed by atoms with van der Waals surface area (Å²) >= 11 is 8.00. The van der Waals surface area contributed by atoms with Gasteiger partial charge in [0.2, 0.25) is 5.95 Å². The first-order valence-electron chi connectivity index (χ1n) is 12.9. The molecule has 3 aliphatic heterocycles. The Morgan fingerprint density at radius 3 is 2.22 bits per heavy atom. The molecule has 3 aliphatic rings. The first kappa shape index (κ1) is 30.9. The van der Waals surface area contributed by atoms with E-state index in [9.17, 15) is 23.8 Å². The standard InChI is InChI=1S/C20H22FN9O11P2S2/c21-8-12-7(39-18(8)29-4-25-9-14(29)23-3-24-16(9)32)2-37-43(35,45)41-13-11(31)6(1-36-42(34,44)40-12)38-19(13)30-5-26-10-15(30)27-20(22)28-17(10)33/h3-8,11-13,18-19,31H,1-2H2,(H,34,44)(H,35,45)(H,23,24,32)(H3,22,27,28,33)/t6-,7-,8+,11-,12-,13-,18-,19-,42-,43+/m1/s1. The van der Waals surface area contributed by atoms with Crippen LogP contribution < -0.4 is 16.9 Å². The van der Waals surface area contributed by atoms with Crippen LogP contribution in [0.25, 0.3) is 22.3 Å². The maximum absolute atomic E-state index is 16.0. The average Bonchev–Trinajstić information content (AvgIpc) is 3.72. The van der Waals surface area contributed by atoms with Crippen LogP contribution in [0.5, 0.6) is 0 Å². The fraction of sp³-hybridized carbons (Fsp3) is 0.500. The van der Waals surface area contributed by atoms with Gasteiger partial charge in [-0.15, -0.1) is 0 Å². The maximum Gasteiger partial charge on any atom is 0.386 e. The van der Waals surface area contributed by atoms with Gasteiger partial charge in [-0.1, -0.05) is 24.5 Å². The summed E-state index contributed by atoms with van der Waals surface area (Å²) in [4.78, 5) is 45.1. The Morgan fingerprint density at radius 1 is 0.911 bits per heavy atom. The number of alkyl halides is 1. The Morgan fingerprint density at radius 2 is 1.51 bits per heavy atom. The fourth-order valence-corrected chi connectivity index (χ4v) is 8.20. The van der Waals surface area contributed by atoms with Crippen molar-refractivity contribution in [2.45, 2.75) is 49.1 Å². The molecule has 0 spiro atoms. The van der Waals surface area contributed by atoms with Gasteiger partial charge in [0.1, 0.15) is 30.5 Å². The molecule has 10 atom stereocenters. The zero-order chi connectivity index (χ0) is 31.8. The van der Waals surface area contributed by atoms with E-state index in [1.807, 2.05) is 0 Å². The van der Waals surface area contributed by atoms with E-state index in [4.69, 9.17) is 33.3 Å². The van der Waals surface area contributed by atoms with Crippen LogP contribution in [-0.4, -0.2) is 94.0 Å². The third-order valence-corrected chi connectivity index (χ3v) is 10.5. The second kappa shape index (κ2) is 11.2. The summed E-state index contributed by atoms with van der Waals surface area (Å²) in [5, 5.41) is 11.1. The second-order valence-corrected chi connectivity index (χ2v) is 15.8. The van der Waals surface area contributed by atoms with E-state index in [2.05, 4.69) is 54.4 Å². The minimum absolute atomic E-state index is 0.0198. The van der Waals surface area contributed by atoms with Crippen molar-refractivity contribution in [2.75, 3.05) is 18.9 Å². The highest BCUT2D eigenvalue weighted by Crippen LogP contribution is 2.60. The van der Waals surface area contributed by atoms with Crippen LogP contribution in [0.2, 0.25) is 0 Å². The summed E-state index contributed by atoms with van der Waals surface area (Å²) in [5.41, 5.74) is 4.14. The Labute approximate surface area is 259 Å². The highest BCUT2D eigenvalue weighted by molar-refractivity contribution is 8.44. The number of thiol groups is 2. The molecule has 0 saturated carbocycles. The van der Waals surface area contributed by atoms with Crippen molar-refractivity contribution >= 4 is 66.4 Å². The minimum Gasteiger partial charge on any atom is -0.387 e. The predicted octanol–water partition coefficient (Wildman–Crippen LogP) is 0.222. The number of aliphatic hydroxyl groups excluding tert-OH is 1. The zero-order valence-electron chi connectivity index (χ0n) is 22.2. The van der Waals surface area contributed by atoms with Gasteiger partial charge < -0.3 is 25.3 Å². The van der Waals surface area contributed by atoms with Gasteiger partial charge in [0.25, 0.3) is 11.1 Å². The number of aromatic nitrogens is 8. The number of nitrogens with zero attached hydrogens (tertiary/aromatic N) is 6. The number of fused-ring (bicyclic) bond motifs is 5. The molecule has 2 bridgehead atoms. The van der Waals surface area contributed by atoms with Crippen LogP contribution in [0.1, 0.15) is 12.5 Å². The summed E-state index contributed by atoms with van der Waals surface area (Å²) in [6.45, 7) is -10.2. The molecule has 0 amide bonds. The normalized spacial score (nSPS) is 37.7. The quantitative estimate of drug-likeness (QED) is 0.120. The fourth-order valence-electron chi connectivity index (χ4n) is 5.25. The Balaban J connectivity index is 1.21. The van der Waals surface area contributed by atoms with E-state index in [-0.39, 0.29) is 28.3 Å². The second-order valence-electron chi connectivity index (χ2n) is 10.1. The van der Waals surface area contributed by atoms with Crippen molar-refractivity contribution in [3.63, 3.8) is 0 Å². The number of rotatable bonds is 2. The number of imidazole rings is 2. The van der Waals surface area contributed by atoms with Gasteiger partial charge in [-0.05, 0) is 0 Å². The molecule has 0 aliphatic carbocycles. The summed E-state index contributed by atoms with van der Waals surface area (Å²) < 4.78 is 78.7. The SMILES string of the molecule is Nc1nc2c(ncn2[C@@H]2O[C@@H]3CO[P@@](=O)(S)O[C@H]4[C@H](F)[C@H](n5cnc6c(=O)[nH]cnc65)O[C@@H]4CO[P@](=O)(S)O[C@@H]2[C@@H]3O)c(=O)[nH]1. The summed E-state index contributed by atoms with van der Waals surface area (Å²) in [6, 6.07) is 0. The van der Waals surface area contributed by atoms with Crippen molar-refractivity contribution in [3.8, 4) is 0 Å². The summed E-state index contributed by atoms with van der Waals surface area (Å²) in [5.74, 6) is -0.245. The van der Waals surface area contributed by atoms with E-state index in [1.54, 1.807) is 0 Å².